The van der Waals surface area contributed by atoms with Crippen molar-refractivity contribution in [3.05, 3.63) is 24.5 Å². The summed E-state index contributed by atoms with van der Waals surface area (Å²) in [4.78, 5) is 9.81. The molecule has 0 amide bonds. The molecular weight excluding hydrogens is 155 g/mol. The number of rotatable bonds is 4. The average Bonchev–Trinajstić information content (AvgIpc) is 1.87. The Morgan fingerprint density at radius 2 is 2.18 bits per heavy atom. The van der Waals surface area contributed by atoms with Crippen molar-refractivity contribution in [2.45, 2.75) is 6.42 Å². The first kappa shape index (κ1) is 13.3. The summed E-state index contributed by atoms with van der Waals surface area (Å²) in [6.45, 7) is 0. The number of hydrogen-bond donors (Lipinski definition) is 0. The van der Waals surface area contributed by atoms with Gasteiger partial charge < -0.3 is 14.6 Å². The van der Waals surface area contributed by atoms with E-state index in [9.17, 15) is 9.90 Å². The van der Waals surface area contributed by atoms with Gasteiger partial charge in [0.1, 0.15) is 0 Å². The van der Waals surface area contributed by atoms with Crippen molar-refractivity contribution in [3.63, 3.8) is 0 Å². The minimum Gasteiger partial charge on any atom is -0.550 e. The maximum Gasteiger partial charge on any atom is 1.00 e. The second-order valence-electron chi connectivity index (χ2n) is 1.57. The summed E-state index contributed by atoms with van der Waals surface area (Å²) in [5.41, 5.74) is 0. The summed E-state index contributed by atoms with van der Waals surface area (Å²) < 4.78 is 4.55. The van der Waals surface area contributed by atoms with E-state index in [0.29, 0.717) is 0 Å². The van der Waals surface area contributed by atoms with Crippen LogP contribution in [0.3, 0.4) is 0 Å². The van der Waals surface area contributed by atoms with Gasteiger partial charge in [-0.15, -0.1) is 0 Å². The zero-order chi connectivity index (χ0) is 7.82. The molecule has 0 aliphatic rings. The van der Waals surface area contributed by atoms with Crippen LogP contribution in [0.2, 0.25) is 0 Å². The minimum atomic E-state index is -1.08. The normalized spacial score (nSPS) is 9.91. The molecule has 0 N–H and O–H groups in total. The summed E-state index contributed by atoms with van der Waals surface area (Å²) in [6, 6.07) is 0. The molecule has 0 aromatic heterocycles. The number of carboxylic acid groups (broad SMARTS) is 1. The maximum absolute atomic E-state index is 9.81. The molecule has 0 rings (SSSR count). The van der Waals surface area contributed by atoms with Gasteiger partial charge in [0.05, 0.1) is 13.4 Å². The van der Waals surface area contributed by atoms with Crippen molar-refractivity contribution >= 4 is 5.97 Å². The Morgan fingerprint density at radius 3 is 2.64 bits per heavy atom. The van der Waals surface area contributed by atoms with Crippen molar-refractivity contribution in [1.82, 2.24) is 0 Å². The van der Waals surface area contributed by atoms with Crippen LogP contribution >= 0.6 is 0 Å². The molecule has 0 saturated heterocycles. The SMILES string of the molecule is CO/C=C/C=C/CC(=O)[O-].[Na+]. The number of methoxy groups -OCH3 is 1. The summed E-state index contributed by atoms with van der Waals surface area (Å²) in [5, 5.41) is 9.81. The summed E-state index contributed by atoms with van der Waals surface area (Å²) in [7, 11) is 1.52. The smallest absolute Gasteiger partial charge is 0.550 e. The molecule has 0 saturated carbocycles. The number of hydrogen-bond acceptors (Lipinski definition) is 3. The van der Waals surface area contributed by atoms with Crippen LogP contribution < -0.4 is 34.7 Å². The van der Waals surface area contributed by atoms with Gasteiger partial charge in [0.25, 0.3) is 0 Å². The van der Waals surface area contributed by atoms with Gasteiger partial charge in [-0.2, -0.15) is 0 Å². The zero-order valence-corrected chi connectivity index (χ0v) is 8.74. The van der Waals surface area contributed by atoms with E-state index < -0.39 is 5.97 Å². The first-order valence-corrected chi connectivity index (χ1v) is 2.81. The fourth-order valence-corrected chi connectivity index (χ4v) is 0.367. The molecule has 0 aliphatic carbocycles. The monoisotopic (exact) mass is 164 g/mol. The van der Waals surface area contributed by atoms with Crippen LogP contribution in [0.15, 0.2) is 24.5 Å². The Balaban J connectivity index is 0. The van der Waals surface area contributed by atoms with Gasteiger partial charge in [-0.25, -0.2) is 0 Å². The molecule has 4 heteroatoms. The largest absolute Gasteiger partial charge is 1.00 e. The molecule has 56 valence electrons. The Hall–Kier alpha value is -0.250. The minimum absolute atomic E-state index is 0. The summed E-state index contributed by atoms with van der Waals surface area (Å²) in [5.74, 6) is -1.08. The Bertz CT molecular complexity index is 152. The molecule has 0 heterocycles. The van der Waals surface area contributed by atoms with Gasteiger partial charge in [-0.05, 0) is 6.08 Å². The van der Waals surface area contributed by atoms with E-state index in [2.05, 4.69) is 4.74 Å². The van der Waals surface area contributed by atoms with Gasteiger partial charge in [-0.1, -0.05) is 12.2 Å². The molecule has 0 fully saturated rings. The van der Waals surface area contributed by atoms with Crippen molar-refractivity contribution in [3.8, 4) is 0 Å². The average molecular weight is 164 g/mol. The number of allylic oxidation sites excluding steroid dienone is 2. The first-order chi connectivity index (χ1) is 4.77. The summed E-state index contributed by atoms with van der Waals surface area (Å²) in [6.07, 6.45) is 6.05. The maximum atomic E-state index is 9.81. The number of ether oxygens (including phenoxy) is 1. The van der Waals surface area contributed by atoms with Crippen LogP contribution in [0.4, 0.5) is 0 Å². The van der Waals surface area contributed by atoms with Crippen molar-refractivity contribution < 1.29 is 44.2 Å². The van der Waals surface area contributed by atoms with Gasteiger partial charge in [0.2, 0.25) is 0 Å². The van der Waals surface area contributed by atoms with Crippen LogP contribution in [-0.2, 0) is 9.53 Å². The fraction of sp³-hybridized carbons (Fsp3) is 0.286. The molecule has 3 nitrogen and oxygen atoms in total. The number of aliphatic carboxylic acids is 1. The third kappa shape index (κ3) is 12.9. The van der Waals surface area contributed by atoms with Gasteiger partial charge >= 0.3 is 29.6 Å². The molecule has 0 aromatic carbocycles. The number of carbonyl (C=O) groups excluding carboxylic acids is 1. The van der Waals surface area contributed by atoms with Crippen LogP contribution in [-0.4, -0.2) is 13.1 Å². The van der Waals surface area contributed by atoms with Crippen molar-refractivity contribution in [2.24, 2.45) is 0 Å². The third-order valence-corrected chi connectivity index (χ3v) is 0.746. The van der Waals surface area contributed by atoms with Crippen molar-refractivity contribution in [2.75, 3.05) is 7.11 Å². The van der Waals surface area contributed by atoms with Gasteiger partial charge in [-0.3, -0.25) is 0 Å². The molecule has 0 unspecified atom stereocenters. The second-order valence-corrected chi connectivity index (χ2v) is 1.57. The van der Waals surface area contributed by atoms with Crippen molar-refractivity contribution in [1.29, 1.82) is 0 Å². The standard InChI is InChI=1S/C7H10O3.Na/c1-10-6-4-2-3-5-7(8)9;/h2-4,6H,5H2,1H3,(H,8,9);/q;+1/p-1/b3-2+,6-4+;. The number of carbonyl (C=O) groups is 1. The van der Waals surface area contributed by atoms with E-state index in [-0.39, 0.29) is 36.0 Å². The Morgan fingerprint density at radius 1 is 1.55 bits per heavy atom. The predicted molar refractivity (Wildman–Crippen MR) is 34.9 cm³/mol. The van der Waals surface area contributed by atoms with E-state index in [1.54, 1.807) is 12.2 Å². The molecule has 0 aromatic rings. The second kappa shape index (κ2) is 9.75. The summed E-state index contributed by atoms with van der Waals surface area (Å²) >= 11 is 0. The van der Waals surface area contributed by atoms with E-state index in [1.165, 1.54) is 19.4 Å². The van der Waals surface area contributed by atoms with E-state index >= 15 is 0 Å². The number of carboxylic acids is 1. The quantitative estimate of drug-likeness (QED) is 0.250. The molecule has 11 heavy (non-hydrogen) atoms. The Labute approximate surface area is 88.0 Å². The zero-order valence-electron chi connectivity index (χ0n) is 6.74. The molecular formula is C7H9NaO3. The first-order valence-electron chi connectivity index (χ1n) is 2.81. The van der Waals surface area contributed by atoms with Crippen LogP contribution in [0, 0.1) is 0 Å². The van der Waals surface area contributed by atoms with E-state index in [4.69, 9.17) is 0 Å². The van der Waals surface area contributed by atoms with Crippen LogP contribution in [0.5, 0.6) is 0 Å². The molecule has 0 atom stereocenters. The van der Waals surface area contributed by atoms with Gasteiger partial charge in [0.15, 0.2) is 0 Å². The molecule has 0 bridgehead atoms. The topological polar surface area (TPSA) is 49.4 Å². The van der Waals surface area contributed by atoms with E-state index in [1.807, 2.05) is 0 Å². The Kier molecular flexibility index (Phi) is 11.8. The predicted octanol–water partition coefficient (Wildman–Crippen LogP) is -3.15. The molecule has 0 spiro atoms. The molecule has 0 radical (unpaired) electrons. The van der Waals surface area contributed by atoms with Gasteiger partial charge in [0, 0.05) is 12.4 Å². The van der Waals surface area contributed by atoms with Crippen LogP contribution in [0.1, 0.15) is 6.42 Å². The van der Waals surface area contributed by atoms with Crippen LogP contribution in [0.25, 0.3) is 0 Å². The third-order valence-electron chi connectivity index (χ3n) is 0.746. The fourth-order valence-electron chi connectivity index (χ4n) is 0.367. The molecule has 0 aliphatic heterocycles. The van der Waals surface area contributed by atoms with E-state index in [0.717, 1.165) is 0 Å².